The molecule has 0 fully saturated rings. The van der Waals surface area contributed by atoms with Crippen molar-refractivity contribution in [3.05, 3.63) is 33.8 Å². The number of rotatable bonds is 2. The van der Waals surface area contributed by atoms with Crippen molar-refractivity contribution in [1.82, 2.24) is 19.9 Å². The number of aromatic nitrogens is 3. The number of nitrogens with one attached hydrogen (secondary N) is 1. The highest BCUT2D eigenvalue weighted by Gasteiger charge is 2.19. The fourth-order valence-corrected chi connectivity index (χ4v) is 3.33. The van der Waals surface area contributed by atoms with E-state index in [0.29, 0.717) is 0 Å². The maximum absolute atomic E-state index is 4.77. The number of hydrogen-bond acceptors (Lipinski definition) is 4. The van der Waals surface area contributed by atoms with Crippen molar-refractivity contribution in [2.75, 3.05) is 6.54 Å². The van der Waals surface area contributed by atoms with Gasteiger partial charge in [-0.25, -0.2) is 9.97 Å². The van der Waals surface area contributed by atoms with Crippen LogP contribution in [0.3, 0.4) is 0 Å². The van der Waals surface area contributed by atoms with Crippen LogP contribution < -0.4 is 5.32 Å². The third-order valence-corrected chi connectivity index (χ3v) is 4.32. The van der Waals surface area contributed by atoms with Gasteiger partial charge in [-0.15, -0.1) is 11.3 Å². The van der Waals surface area contributed by atoms with Crippen molar-refractivity contribution in [1.29, 1.82) is 0 Å². The molecule has 2 aromatic rings. The molecule has 0 atom stereocenters. The Kier molecular flexibility index (Phi) is 3.19. The summed E-state index contributed by atoms with van der Waals surface area (Å²) in [5, 5.41) is 6.72. The highest BCUT2D eigenvalue weighted by atomic mass is 32.1. The molecule has 1 N–H and O–H groups in total. The average molecular weight is 276 g/mol. The van der Waals surface area contributed by atoms with Crippen LogP contribution in [-0.2, 0) is 24.9 Å². The summed E-state index contributed by atoms with van der Waals surface area (Å²) in [6, 6.07) is 0. The highest BCUT2D eigenvalue weighted by molar-refractivity contribution is 7.09. The molecule has 0 saturated heterocycles. The van der Waals surface area contributed by atoms with Crippen LogP contribution in [0.4, 0.5) is 0 Å². The first-order valence-electron chi connectivity index (χ1n) is 6.73. The maximum Gasteiger partial charge on any atom is 0.122 e. The topological polar surface area (TPSA) is 42.7 Å². The van der Waals surface area contributed by atoms with E-state index in [-0.39, 0.29) is 5.41 Å². The molecule has 0 unspecified atom stereocenters. The Hall–Kier alpha value is -1.20. The number of hydrogen-bond donors (Lipinski definition) is 1. The lowest BCUT2D eigenvalue weighted by molar-refractivity contribution is 0.495. The normalized spacial score (nSPS) is 15.5. The van der Waals surface area contributed by atoms with Crippen molar-refractivity contribution < 1.29 is 0 Å². The monoisotopic (exact) mass is 276 g/mol. The van der Waals surface area contributed by atoms with Crippen LogP contribution in [0.2, 0.25) is 0 Å². The van der Waals surface area contributed by atoms with Gasteiger partial charge in [0.15, 0.2) is 0 Å². The molecule has 102 valence electrons. The van der Waals surface area contributed by atoms with Gasteiger partial charge in [-0.2, -0.15) is 0 Å². The van der Waals surface area contributed by atoms with Crippen LogP contribution in [0, 0.1) is 0 Å². The molecule has 4 nitrogen and oxygen atoms in total. The number of thiazole rings is 1. The molecule has 1 aliphatic rings. The minimum atomic E-state index is 0.134. The fraction of sp³-hybridized carbons (Fsp3) is 0.571. The Morgan fingerprint density at radius 1 is 1.42 bits per heavy atom. The number of nitrogens with zero attached hydrogens (tertiary/aromatic N) is 3. The second-order valence-electron chi connectivity index (χ2n) is 6.05. The highest BCUT2D eigenvalue weighted by Crippen LogP contribution is 2.25. The second kappa shape index (κ2) is 4.72. The van der Waals surface area contributed by atoms with E-state index in [1.54, 1.807) is 11.3 Å². The van der Waals surface area contributed by atoms with E-state index in [2.05, 4.69) is 41.0 Å². The number of fused-ring (bicyclic) bond motifs is 1. The molecule has 0 saturated carbocycles. The summed E-state index contributed by atoms with van der Waals surface area (Å²) >= 11 is 1.76. The van der Waals surface area contributed by atoms with E-state index in [1.807, 2.05) is 6.20 Å². The number of imidazole rings is 1. The van der Waals surface area contributed by atoms with Gasteiger partial charge in [0.1, 0.15) is 5.82 Å². The summed E-state index contributed by atoms with van der Waals surface area (Å²) in [4.78, 5) is 9.25. The van der Waals surface area contributed by atoms with Crippen LogP contribution in [-0.4, -0.2) is 21.1 Å². The van der Waals surface area contributed by atoms with Crippen LogP contribution in [0.5, 0.6) is 0 Å². The average Bonchev–Trinajstić information content (AvgIpc) is 2.97. The SMILES string of the molecule is CC(C)(C)c1csc(Cc2cnc3n2CCNC3)n1. The fourth-order valence-electron chi connectivity index (χ4n) is 2.29. The van der Waals surface area contributed by atoms with Crippen molar-refractivity contribution in [3.63, 3.8) is 0 Å². The second-order valence-corrected chi connectivity index (χ2v) is 6.99. The molecule has 0 bridgehead atoms. The Balaban J connectivity index is 1.82. The molecule has 0 aromatic carbocycles. The van der Waals surface area contributed by atoms with Crippen LogP contribution >= 0.6 is 11.3 Å². The van der Waals surface area contributed by atoms with Crippen molar-refractivity contribution in [2.45, 2.75) is 45.7 Å². The largest absolute Gasteiger partial charge is 0.329 e. The lowest BCUT2D eigenvalue weighted by Gasteiger charge is -2.17. The molecule has 19 heavy (non-hydrogen) atoms. The summed E-state index contributed by atoms with van der Waals surface area (Å²) in [5.74, 6) is 1.15. The molecule has 3 rings (SSSR count). The van der Waals surface area contributed by atoms with Gasteiger partial charge < -0.3 is 9.88 Å². The van der Waals surface area contributed by atoms with E-state index < -0.39 is 0 Å². The van der Waals surface area contributed by atoms with Gasteiger partial charge in [0.25, 0.3) is 0 Å². The first-order chi connectivity index (χ1) is 9.04. The van der Waals surface area contributed by atoms with Crippen LogP contribution in [0.15, 0.2) is 11.6 Å². The quantitative estimate of drug-likeness (QED) is 0.915. The molecule has 5 heteroatoms. The Bertz CT molecular complexity index is 577. The molecule has 0 radical (unpaired) electrons. The first-order valence-corrected chi connectivity index (χ1v) is 7.61. The summed E-state index contributed by atoms with van der Waals surface area (Å²) < 4.78 is 2.33. The predicted molar refractivity (Wildman–Crippen MR) is 77.6 cm³/mol. The van der Waals surface area contributed by atoms with Crippen LogP contribution in [0.25, 0.3) is 0 Å². The summed E-state index contributed by atoms with van der Waals surface area (Å²) in [6.45, 7) is 9.54. The molecular formula is C14H20N4S. The van der Waals surface area contributed by atoms with Crippen molar-refractivity contribution in [2.24, 2.45) is 0 Å². The van der Waals surface area contributed by atoms with Gasteiger partial charge in [0.2, 0.25) is 0 Å². The Morgan fingerprint density at radius 2 is 2.26 bits per heavy atom. The lowest BCUT2D eigenvalue weighted by atomic mass is 9.93. The Morgan fingerprint density at radius 3 is 3.00 bits per heavy atom. The summed E-state index contributed by atoms with van der Waals surface area (Å²) in [5.41, 5.74) is 2.61. The van der Waals surface area contributed by atoms with E-state index in [1.165, 1.54) is 16.4 Å². The standard InChI is InChI=1S/C14H20N4S/c1-14(2,3)11-9-19-13(17-11)6-10-7-16-12-8-15-4-5-18(10)12/h7,9,15H,4-6,8H2,1-3H3. The molecule has 2 aromatic heterocycles. The predicted octanol–water partition coefficient (Wildman–Crippen LogP) is 2.33. The molecule has 3 heterocycles. The zero-order valence-electron chi connectivity index (χ0n) is 11.7. The Labute approximate surface area is 117 Å². The van der Waals surface area contributed by atoms with Crippen LogP contribution in [0.1, 0.15) is 43.0 Å². The minimum absolute atomic E-state index is 0.134. The van der Waals surface area contributed by atoms with E-state index in [0.717, 1.165) is 31.9 Å². The molecule has 0 amide bonds. The van der Waals surface area contributed by atoms with Gasteiger partial charge in [0.05, 0.1) is 17.2 Å². The third kappa shape index (κ3) is 2.58. The van der Waals surface area contributed by atoms with Gasteiger partial charge in [-0.1, -0.05) is 20.8 Å². The van der Waals surface area contributed by atoms with Gasteiger partial charge >= 0.3 is 0 Å². The first kappa shape index (κ1) is 12.8. The maximum atomic E-state index is 4.77. The molecule has 0 spiro atoms. The third-order valence-electron chi connectivity index (χ3n) is 3.47. The summed E-state index contributed by atoms with van der Waals surface area (Å²) in [6.07, 6.45) is 2.90. The zero-order valence-corrected chi connectivity index (χ0v) is 12.5. The van der Waals surface area contributed by atoms with Crippen molar-refractivity contribution >= 4 is 11.3 Å². The van der Waals surface area contributed by atoms with Gasteiger partial charge in [0, 0.05) is 42.2 Å². The van der Waals surface area contributed by atoms with Gasteiger partial charge in [-0.3, -0.25) is 0 Å². The van der Waals surface area contributed by atoms with E-state index >= 15 is 0 Å². The molecule has 0 aliphatic carbocycles. The van der Waals surface area contributed by atoms with E-state index in [4.69, 9.17) is 4.98 Å². The smallest absolute Gasteiger partial charge is 0.122 e. The molecule has 1 aliphatic heterocycles. The zero-order chi connectivity index (χ0) is 13.5. The van der Waals surface area contributed by atoms with Gasteiger partial charge in [-0.05, 0) is 0 Å². The minimum Gasteiger partial charge on any atom is -0.329 e. The van der Waals surface area contributed by atoms with Crippen molar-refractivity contribution in [3.8, 4) is 0 Å². The van der Waals surface area contributed by atoms with E-state index in [9.17, 15) is 0 Å². The molecular weight excluding hydrogens is 256 g/mol. The summed E-state index contributed by atoms with van der Waals surface area (Å²) in [7, 11) is 0. The lowest BCUT2D eigenvalue weighted by Crippen LogP contribution is -2.29.